The first-order valence-electron chi connectivity index (χ1n) is 7.29. The summed E-state index contributed by atoms with van der Waals surface area (Å²) < 4.78 is 1.06. The van der Waals surface area contributed by atoms with Gasteiger partial charge in [-0.05, 0) is 48.6 Å². The van der Waals surface area contributed by atoms with Gasteiger partial charge in [0.25, 0.3) is 0 Å². The molecule has 2 unspecified atom stereocenters. The van der Waals surface area contributed by atoms with Gasteiger partial charge in [-0.25, -0.2) is 0 Å². The minimum Gasteiger partial charge on any atom is -0.480 e. The van der Waals surface area contributed by atoms with E-state index >= 15 is 0 Å². The minimum atomic E-state index is -0.736. The Morgan fingerprint density at radius 1 is 1.25 bits per heavy atom. The average molecular weight is 338 g/mol. The van der Waals surface area contributed by atoms with Crippen molar-refractivity contribution >= 4 is 21.9 Å². The number of fused-ring (bicyclic) bond motifs is 1. The number of halogens is 1. The van der Waals surface area contributed by atoms with Gasteiger partial charge >= 0.3 is 5.97 Å². The first kappa shape index (κ1) is 14.1. The van der Waals surface area contributed by atoms with Gasteiger partial charge in [0.2, 0.25) is 0 Å². The zero-order chi connectivity index (χ0) is 14.1. The van der Waals surface area contributed by atoms with Crippen molar-refractivity contribution in [1.29, 1.82) is 0 Å². The number of hydrogen-bond acceptors (Lipinski definition) is 2. The lowest BCUT2D eigenvalue weighted by molar-refractivity contribution is -0.138. The van der Waals surface area contributed by atoms with Gasteiger partial charge in [0, 0.05) is 17.6 Å². The lowest BCUT2D eigenvalue weighted by atomic mass is 10.0. The lowest BCUT2D eigenvalue weighted by Crippen LogP contribution is -2.33. The number of benzene rings is 1. The molecule has 1 aromatic carbocycles. The summed E-state index contributed by atoms with van der Waals surface area (Å²) in [6, 6.07) is 8.06. The predicted molar refractivity (Wildman–Crippen MR) is 81.4 cm³/mol. The van der Waals surface area contributed by atoms with Crippen molar-refractivity contribution in [1.82, 2.24) is 4.90 Å². The van der Waals surface area contributed by atoms with E-state index in [9.17, 15) is 4.79 Å². The van der Waals surface area contributed by atoms with Crippen LogP contribution in [0.15, 0.2) is 28.7 Å². The minimum absolute atomic E-state index is 0.132. The summed E-state index contributed by atoms with van der Waals surface area (Å²) in [6.45, 7) is 1.76. The molecule has 0 heterocycles. The van der Waals surface area contributed by atoms with Crippen LogP contribution in [-0.2, 0) is 11.3 Å². The van der Waals surface area contributed by atoms with Crippen molar-refractivity contribution in [2.45, 2.75) is 25.8 Å². The van der Waals surface area contributed by atoms with Crippen molar-refractivity contribution in [3.8, 4) is 0 Å². The standard InChI is InChI=1S/C16H20BrNO2/c17-15-4-2-1-3-12(15)9-18(10-16(19)20)8-11-5-13-7-14(13)6-11/h1-4,11,13-14H,5-10H2,(H,19,20). The highest BCUT2D eigenvalue weighted by Crippen LogP contribution is 2.54. The molecule has 4 heteroatoms. The summed E-state index contributed by atoms with van der Waals surface area (Å²) in [4.78, 5) is 13.2. The van der Waals surface area contributed by atoms with Gasteiger partial charge in [-0.3, -0.25) is 9.69 Å². The molecule has 0 bridgehead atoms. The Morgan fingerprint density at radius 3 is 2.60 bits per heavy atom. The lowest BCUT2D eigenvalue weighted by Gasteiger charge is -2.25. The Balaban J connectivity index is 1.63. The van der Waals surface area contributed by atoms with Crippen LogP contribution in [0.1, 0.15) is 24.8 Å². The molecule has 0 saturated heterocycles. The van der Waals surface area contributed by atoms with Crippen molar-refractivity contribution < 1.29 is 9.90 Å². The second kappa shape index (κ2) is 5.86. The number of hydrogen-bond donors (Lipinski definition) is 1. The van der Waals surface area contributed by atoms with Crippen LogP contribution in [0, 0.1) is 17.8 Å². The van der Waals surface area contributed by atoms with Crippen LogP contribution in [-0.4, -0.2) is 29.1 Å². The maximum absolute atomic E-state index is 11.1. The monoisotopic (exact) mass is 337 g/mol. The highest BCUT2D eigenvalue weighted by Gasteiger charge is 2.45. The molecule has 108 valence electrons. The van der Waals surface area contributed by atoms with Crippen LogP contribution in [0.2, 0.25) is 0 Å². The molecule has 0 aliphatic heterocycles. The summed E-state index contributed by atoms with van der Waals surface area (Å²) in [7, 11) is 0. The third-order valence-electron chi connectivity index (χ3n) is 4.57. The van der Waals surface area contributed by atoms with Gasteiger partial charge in [0.05, 0.1) is 6.54 Å². The molecule has 3 nitrogen and oxygen atoms in total. The smallest absolute Gasteiger partial charge is 0.317 e. The van der Waals surface area contributed by atoms with E-state index in [1.807, 2.05) is 18.2 Å². The summed E-state index contributed by atoms with van der Waals surface area (Å²) in [5.41, 5.74) is 1.16. The number of nitrogens with zero attached hydrogens (tertiary/aromatic N) is 1. The largest absolute Gasteiger partial charge is 0.480 e. The van der Waals surface area contributed by atoms with E-state index in [4.69, 9.17) is 5.11 Å². The third kappa shape index (κ3) is 3.41. The fourth-order valence-corrected chi connectivity index (χ4v) is 4.01. The van der Waals surface area contributed by atoms with Gasteiger partial charge in [0.1, 0.15) is 0 Å². The Morgan fingerprint density at radius 2 is 1.95 bits per heavy atom. The van der Waals surface area contributed by atoms with E-state index in [-0.39, 0.29) is 6.54 Å². The summed E-state index contributed by atoms with van der Waals surface area (Å²) in [5, 5.41) is 9.11. The van der Waals surface area contributed by atoms with Crippen LogP contribution in [0.3, 0.4) is 0 Å². The number of carbonyl (C=O) groups is 1. The maximum atomic E-state index is 11.1. The first-order valence-corrected chi connectivity index (χ1v) is 8.08. The van der Waals surface area contributed by atoms with E-state index in [0.717, 1.165) is 28.4 Å². The number of carboxylic acid groups (broad SMARTS) is 1. The van der Waals surface area contributed by atoms with Gasteiger partial charge in [-0.15, -0.1) is 0 Å². The molecule has 0 spiro atoms. The third-order valence-corrected chi connectivity index (χ3v) is 5.34. The quantitative estimate of drug-likeness (QED) is 0.864. The van der Waals surface area contributed by atoms with Gasteiger partial charge in [-0.1, -0.05) is 34.1 Å². The van der Waals surface area contributed by atoms with Crippen molar-refractivity contribution in [2.24, 2.45) is 17.8 Å². The topological polar surface area (TPSA) is 40.5 Å². The Labute approximate surface area is 128 Å². The van der Waals surface area contributed by atoms with Crippen molar-refractivity contribution in [3.63, 3.8) is 0 Å². The molecule has 1 N–H and O–H groups in total. The summed E-state index contributed by atoms with van der Waals surface area (Å²) in [5.74, 6) is 1.87. The molecule has 0 aromatic heterocycles. The molecular weight excluding hydrogens is 318 g/mol. The van der Waals surface area contributed by atoms with Gasteiger partial charge < -0.3 is 5.11 Å². The molecule has 2 aliphatic rings. The molecular formula is C16H20BrNO2. The van der Waals surface area contributed by atoms with Crippen LogP contribution in [0.25, 0.3) is 0 Å². The molecule has 1 aromatic rings. The summed E-state index contributed by atoms with van der Waals surface area (Å²) >= 11 is 3.55. The molecule has 0 radical (unpaired) electrons. The molecule has 0 amide bonds. The Kier molecular flexibility index (Phi) is 4.13. The highest BCUT2D eigenvalue weighted by atomic mass is 79.9. The molecule has 2 fully saturated rings. The SMILES string of the molecule is O=C(O)CN(Cc1ccccc1Br)CC1CC2CC2C1. The number of aliphatic carboxylic acids is 1. The van der Waals surface area contributed by atoms with Gasteiger partial charge in [-0.2, -0.15) is 0 Å². The Bertz CT molecular complexity index is 495. The maximum Gasteiger partial charge on any atom is 0.317 e. The molecule has 2 aliphatic carbocycles. The van der Waals surface area contributed by atoms with E-state index < -0.39 is 5.97 Å². The highest BCUT2D eigenvalue weighted by molar-refractivity contribution is 9.10. The molecule has 2 saturated carbocycles. The molecule has 2 atom stereocenters. The average Bonchev–Trinajstić information content (AvgIpc) is 2.99. The number of carboxylic acids is 1. The number of rotatable bonds is 6. The fourth-order valence-electron chi connectivity index (χ4n) is 3.60. The molecule has 3 rings (SSSR count). The Hall–Kier alpha value is -0.870. The molecule has 20 heavy (non-hydrogen) atoms. The van der Waals surface area contributed by atoms with Crippen molar-refractivity contribution in [3.05, 3.63) is 34.3 Å². The van der Waals surface area contributed by atoms with E-state index in [1.165, 1.54) is 19.3 Å². The van der Waals surface area contributed by atoms with Crippen LogP contribution < -0.4 is 0 Å². The van der Waals surface area contributed by atoms with E-state index in [0.29, 0.717) is 12.5 Å². The summed E-state index contributed by atoms with van der Waals surface area (Å²) in [6.07, 6.45) is 4.02. The first-order chi connectivity index (χ1) is 9.61. The zero-order valence-electron chi connectivity index (χ0n) is 11.5. The van der Waals surface area contributed by atoms with Crippen LogP contribution in [0.4, 0.5) is 0 Å². The second-order valence-corrected chi connectivity index (χ2v) is 7.10. The van der Waals surface area contributed by atoms with Crippen LogP contribution in [0.5, 0.6) is 0 Å². The fraction of sp³-hybridized carbons (Fsp3) is 0.562. The van der Waals surface area contributed by atoms with E-state index in [2.05, 4.69) is 26.9 Å². The second-order valence-electron chi connectivity index (χ2n) is 6.25. The zero-order valence-corrected chi connectivity index (χ0v) is 13.1. The predicted octanol–water partition coefficient (Wildman–Crippen LogP) is 3.38. The van der Waals surface area contributed by atoms with Crippen LogP contribution >= 0.6 is 15.9 Å². The normalized spacial score (nSPS) is 27.6. The van der Waals surface area contributed by atoms with E-state index in [1.54, 1.807) is 0 Å². The van der Waals surface area contributed by atoms with Crippen molar-refractivity contribution in [2.75, 3.05) is 13.1 Å². The van der Waals surface area contributed by atoms with Gasteiger partial charge in [0.15, 0.2) is 0 Å².